The molecule has 1 aromatic rings. The Kier molecular flexibility index (Phi) is 7.11. The zero-order chi connectivity index (χ0) is 18.6. The maximum absolute atomic E-state index is 13.7. The third-order valence-electron chi connectivity index (χ3n) is 4.12. The van der Waals surface area contributed by atoms with Gasteiger partial charge in [0.2, 0.25) is 0 Å². The molecule has 0 spiro atoms. The number of alkyl carbamates (subject to hydrolysis) is 1. The van der Waals surface area contributed by atoms with Gasteiger partial charge in [0.05, 0.1) is 4.47 Å². The van der Waals surface area contributed by atoms with E-state index in [0.717, 1.165) is 31.5 Å². The average molecular weight is 436 g/mol. The Morgan fingerprint density at radius 3 is 2.64 bits per heavy atom. The summed E-state index contributed by atoms with van der Waals surface area (Å²) in [6.07, 6.45) is 1.59. The number of nitrogens with zero attached hydrogens (tertiary/aromatic N) is 1. The van der Waals surface area contributed by atoms with Crippen molar-refractivity contribution in [2.75, 3.05) is 19.6 Å². The molecule has 1 heterocycles. The highest BCUT2D eigenvalue weighted by Gasteiger charge is 2.22. The number of hydrogen-bond donors (Lipinski definition) is 1. The highest BCUT2D eigenvalue weighted by atomic mass is 79.9. The Balaban J connectivity index is 1.76. The summed E-state index contributed by atoms with van der Waals surface area (Å²) in [5.41, 5.74) is 0.319. The first-order valence-electron chi connectivity index (χ1n) is 8.46. The summed E-state index contributed by atoms with van der Waals surface area (Å²) < 4.78 is 19.3. The van der Waals surface area contributed by atoms with Crippen LogP contribution in [0, 0.1) is 11.7 Å². The molecule has 4 nitrogen and oxygen atoms in total. The molecule has 1 fully saturated rings. The number of piperidine rings is 1. The first-order chi connectivity index (χ1) is 11.6. The van der Waals surface area contributed by atoms with Crippen LogP contribution in [0.4, 0.5) is 9.18 Å². The number of likely N-dealkylation sites (tertiary alicyclic amines) is 1. The standard InChI is InChI=1S/C18H25BrClFN2O2/c1-18(2,3)25-17(24)22-10-12-4-6-23(7-5-12)11-13-8-16(21)14(19)9-15(13)20/h8-9,12H,4-7,10-11H2,1-3H3,(H,22,24). The summed E-state index contributed by atoms with van der Waals surface area (Å²) in [5, 5.41) is 3.41. The largest absolute Gasteiger partial charge is 0.444 e. The number of halogens is 3. The summed E-state index contributed by atoms with van der Waals surface area (Å²) in [7, 11) is 0. The number of amides is 1. The summed E-state index contributed by atoms with van der Waals surface area (Å²) in [4.78, 5) is 14.0. The Labute approximate surface area is 162 Å². The van der Waals surface area contributed by atoms with E-state index in [4.69, 9.17) is 16.3 Å². The molecule has 0 unspecified atom stereocenters. The number of nitrogens with one attached hydrogen (secondary N) is 1. The van der Waals surface area contributed by atoms with E-state index in [1.165, 1.54) is 6.07 Å². The molecule has 140 valence electrons. The lowest BCUT2D eigenvalue weighted by atomic mass is 9.96. The topological polar surface area (TPSA) is 41.6 Å². The molecule has 0 radical (unpaired) electrons. The van der Waals surface area contributed by atoms with Crippen LogP contribution in [-0.4, -0.2) is 36.2 Å². The number of rotatable bonds is 4. The molecule has 1 N–H and O–H groups in total. The van der Waals surface area contributed by atoms with Crippen molar-refractivity contribution in [1.29, 1.82) is 0 Å². The Morgan fingerprint density at radius 2 is 2.04 bits per heavy atom. The molecular weight excluding hydrogens is 411 g/mol. The van der Waals surface area contributed by atoms with Gasteiger partial charge in [-0.1, -0.05) is 11.6 Å². The Morgan fingerprint density at radius 1 is 1.40 bits per heavy atom. The van der Waals surface area contributed by atoms with Crippen molar-refractivity contribution >= 4 is 33.6 Å². The molecule has 0 atom stereocenters. The molecule has 1 aliphatic rings. The van der Waals surface area contributed by atoms with Gasteiger partial charge in [0.15, 0.2) is 0 Å². The predicted molar refractivity (Wildman–Crippen MR) is 101 cm³/mol. The van der Waals surface area contributed by atoms with Crippen molar-refractivity contribution in [2.45, 2.75) is 45.8 Å². The van der Waals surface area contributed by atoms with E-state index in [-0.39, 0.29) is 11.9 Å². The molecule has 25 heavy (non-hydrogen) atoms. The molecule has 2 rings (SSSR count). The van der Waals surface area contributed by atoms with Gasteiger partial charge in [-0.05, 0) is 86.2 Å². The van der Waals surface area contributed by atoms with Gasteiger partial charge in [-0.25, -0.2) is 9.18 Å². The average Bonchev–Trinajstić information content (AvgIpc) is 2.50. The van der Waals surface area contributed by atoms with E-state index in [1.807, 2.05) is 20.8 Å². The molecule has 0 aliphatic carbocycles. The van der Waals surface area contributed by atoms with Crippen molar-refractivity contribution in [2.24, 2.45) is 5.92 Å². The van der Waals surface area contributed by atoms with Gasteiger partial charge in [0, 0.05) is 18.1 Å². The van der Waals surface area contributed by atoms with Crippen LogP contribution in [0.1, 0.15) is 39.2 Å². The highest BCUT2D eigenvalue weighted by Crippen LogP contribution is 2.27. The summed E-state index contributed by atoms with van der Waals surface area (Å²) >= 11 is 9.34. The van der Waals surface area contributed by atoms with E-state index in [9.17, 15) is 9.18 Å². The van der Waals surface area contributed by atoms with E-state index >= 15 is 0 Å². The molecule has 1 aliphatic heterocycles. The monoisotopic (exact) mass is 434 g/mol. The van der Waals surface area contributed by atoms with Gasteiger partial charge < -0.3 is 10.1 Å². The lowest BCUT2D eigenvalue weighted by Gasteiger charge is -2.32. The molecule has 1 amide bonds. The molecule has 1 aromatic carbocycles. The van der Waals surface area contributed by atoms with Crippen LogP contribution in [0.15, 0.2) is 16.6 Å². The van der Waals surface area contributed by atoms with Crippen LogP contribution in [0.5, 0.6) is 0 Å². The smallest absolute Gasteiger partial charge is 0.407 e. The maximum atomic E-state index is 13.7. The van der Waals surface area contributed by atoms with Gasteiger partial charge in [-0.3, -0.25) is 4.90 Å². The second kappa shape index (κ2) is 8.69. The van der Waals surface area contributed by atoms with Gasteiger partial charge in [-0.2, -0.15) is 0 Å². The van der Waals surface area contributed by atoms with Crippen molar-refractivity contribution in [3.8, 4) is 0 Å². The van der Waals surface area contributed by atoms with Crippen LogP contribution >= 0.6 is 27.5 Å². The van der Waals surface area contributed by atoms with Crippen molar-refractivity contribution in [3.05, 3.63) is 33.0 Å². The van der Waals surface area contributed by atoms with Gasteiger partial charge >= 0.3 is 6.09 Å². The molecule has 0 aromatic heterocycles. The fraction of sp³-hybridized carbons (Fsp3) is 0.611. The fourth-order valence-corrected chi connectivity index (χ4v) is 3.51. The Bertz CT molecular complexity index is 614. The minimum Gasteiger partial charge on any atom is -0.444 e. The molecule has 0 bridgehead atoms. The van der Waals surface area contributed by atoms with Crippen molar-refractivity contribution in [1.82, 2.24) is 10.2 Å². The maximum Gasteiger partial charge on any atom is 0.407 e. The van der Waals surface area contributed by atoms with Crippen LogP contribution in [0.25, 0.3) is 0 Å². The minimum absolute atomic E-state index is 0.296. The van der Waals surface area contributed by atoms with Crippen LogP contribution in [-0.2, 0) is 11.3 Å². The van der Waals surface area contributed by atoms with Crippen LogP contribution < -0.4 is 5.32 Å². The zero-order valence-corrected chi connectivity index (χ0v) is 17.2. The number of carbonyl (C=O) groups is 1. The van der Waals surface area contributed by atoms with Gasteiger partial charge in [-0.15, -0.1) is 0 Å². The first kappa shape index (κ1) is 20.5. The number of hydrogen-bond acceptors (Lipinski definition) is 3. The van der Waals surface area contributed by atoms with E-state index < -0.39 is 5.60 Å². The number of benzene rings is 1. The number of ether oxygens (including phenoxy) is 1. The second-order valence-electron chi connectivity index (χ2n) is 7.46. The third-order valence-corrected chi connectivity index (χ3v) is 5.08. The van der Waals surface area contributed by atoms with Crippen molar-refractivity contribution < 1.29 is 13.9 Å². The van der Waals surface area contributed by atoms with E-state index in [0.29, 0.717) is 28.5 Å². The molecule has 0 saturated carbocycles. The fourth-order valence-electron chi connectivity index (χ4n) is 2.82. The number of carbonyl (C=O) groups excluding carboxylic acids is 1. The molecule has 7 heteroatoms. The summed E-state index contributed by atoms with van der Waals surface area (Å²) in [6, 6.07) is 3.09. The lowest BCUT2D eigenvalue weighted by Crippen LogP contribution is -2.40. The van der Waals surface area contributed by atoms with Crippen molar-refractivity contribution in [3.63, 3.8) is 0 Å². The van der Waals surface area contributed by atoms with Crippen LogP contribution in [0.3, 0.4) is 0 Å². The summed E-state index contributed by atoms with van der Waals surface area (Å²) in [6.45, 7) is 8.60. The minimum atomic E-state index is -0.479. The first-order valence-corrected chi connectivity index (χ1v) is 9.64. The quantitative estimate of drug-likeness (QED) is 0.678. The molecule has 1 saturated heterocycles. The van der Waals surface area contributed by atoms with E-state index in [2.05, 4.69) is 26.1 Å². The van der Waals surface area contributed by atoms with E-state index in [1.54, 1.807) is 6.07 Å². The Hall–Kier alpha value is -0.850. The lowest BCUT2D eigenvalue weighted by molar-refractivity contribution is 0.0509. The zero-order valence-electron chi connectivity index (χ0n) is 14.9. The molecular formula is C18H25BrClFN2O2. The SMILES string of the molecule is CC(C)(C)OC(=O)NCC1CCN(Cc2cc(F)c(Br)cc2Cl)CC1. The van der Waals surface area contributed by atoms with Gasteiger partial charge in [0.1, 0.15) is 11.4 Å². The van der Waals surface area contributed by atoms with Crippen LogP contribution in [0.2, 0.25) is 5.02 Å². The summed E-state index contributed by atoms with van der Waals surface area (Å²) in [5.74, 6) is 0.136. The normalized spacial score (nSPS) is 16.7. The van der Waals surface area contributed by atoms with Gasteiger partial charge in [0.25, 0.3) is 0 Å². The third kappa shape index (κ3) is 6.76. The second-order valence-corrected chi connectivity index (χ2v) is 8.72. The highest BCUT2D eigenvalue weighted by molar-refractivity contribution is 9.10. The predicted octanol–water partition coefficient (Wildman–Crippen LogP) is 4.98.